The molecule has 1 aliphatic heterocycles. The van der Waals surface area contributed by atoms with E-state index in [1.807, 2.05) is 18.7 Å². The third kappa shape index (κ3) is 2.14. The summed E-state index contributed by atoms with van der Waals surface area (Å²) in [6, 6.07) is 2.28. The molecule has 1 saturated heterocycles. The van der Waals surface area contributed by atoms with Gasteiger partial charge in [0, 0.05) is 20.1 Å². The van der Waals surface area contributed by atoms with Gasteiger partial charge in [0.2, 0.25) is 0 Å². The van der Waals surface area contributed by atoms with Crippen molar-refractivity contribution in [1.82, 2.24) is 9.78 Å². The van der Waals surface area contributed by atoms with Crippen LogP contribution in [0.2, 0.25) is 0 Å². The highest BCUT2D eigenvalue weighted by Crippen LogP contribution is 2.33. The molecule has 1 fully saturated rings. The summed E-state index contributed by atoms with van der Waals surface area (Å²) in [6.45, 7) is 8.55. The monoisotopic (exact) mass is 232 g/mol. The average Bonchev–Trinajstić information content (AvgIpc) is 2.53. The number of aromatic nitrogens is 2. The van der Waals surface area contributed by atoms with Crippen LogP contribution in [0.25, 0.3) is 0 Å². The number of aryl methyl sites for hydroxylation is 2. The van der Waals surface area contributed by atoms with Gasteiger partial charge in [-0.3, -0.25) is 4.68 Å². The van der Waals surface area contributed by atoms with Crippen LogP contribution in [0.5, 0.6) is 0 Å². The Balaban J connectivity index is 2.28. The van der Waals surface area contributed by atoms with E-state index in [1.54, 1.807) is 0 Å². The SMILES string of the molecule is Cc1nn(C)c(N2CCC(C)(C)CC2)c1C#N. The zero-order valence-electron chi connectivity index (χ0n) is 11.1. The minimum atomic E-state index is 0.428. The van der Waals surface area contributed by atoms with Gasteiger partial charge >= 0.3 is 0 Å². The van der Waals surface area contributed by atoms with Crippen LogP contribution in [0.15, 0.2) is 0 Å². The first-order valence-electron chi connectivity index (χ1n) is 6.13. The fourth-order valence-corrected chi connectivity index (χ4v) is 2.46. The van der Waals surface area contributed by atoms with Gasteiger partial charge in [-0.15, -0.1) is 0 Å². The largest absolute Gasteiger partial charge is 0.356 e. The Morgan fingerprint density at radius 2 is 1.88 bits per heavy atom. The second-order valence-corrected chi connectivity index (χ2v) is 5.67. The molecule has 0 spiro atoms. The van der Waals surface area contributed by atoms with Crippen molar-refractivity contribution in [2.24, 2.45) is 12.5 Å². The minimum Gasteiger partial charge on any atom is -0.356 e. The van der Waals surface area contributed by atoms with Crippen LogP contribution in [-0.4, -0.2) is 22.9 Å². The molecule has 17 heavy (non-hydrogen) atoms. The Morgan fingerprint density at radius 1 is 1.29 bits per heavy atom. The molecule has 0 aliphatic carbocycles. The van der Waals surface area contributed by atoms with Crippen molar-refractivity contribution in [1.29, 1.82) is 5.26 Å². The highest BCUT2D eigenvalue weighted by molar-refractivity contribution is 5.57. The summed E-state index contributed by atoms with van der Waals surface area (Å²) in [5, 5.41) is 13.6. The molecule has 2 rings (SSSR count). The fraction of sp³-hybridized carbons (Fsp3) is 0.692. The molecule has 0 bridgehead atoms. The number of piperidine rings is 1. The second-order valence-electron chi connectivity index (χ2n) is 5.67. The summed E-state index contributed by atoms with van der Waals surface area (Å²) < 4.78 is 1.84. The molecule has 1 aromatic rings. The summed E-state index contributed by atoms with van der Waals surface area (Å²) >= 11 is 0. The predicted octanol–water partition coefficient (Wildman–Crippen LogP) is 2.23. The summed E-state index contributed by atoms with van der Waals surface area (Å²) in [4.78, 5) is 2.30. The van der Waals surface area contributed by atoms with Crippen LogP contribution in [0.4, 0.5) is 5.82 Å². The van der Waals surface area contributed by atoms with Crippen molar-refractivity contribution in [3.8, 4) is 6.07 Å². The first-order valence-corrected chi connectivity index (χ1v) is 6.13. The van der Waals surface area contributed by atoms with Crippen molar-refractivity contribution in [3.63, 3.8) is 0 Å². The highest BCUT2D eigenvalue weighted by atomic mass is 15.4. The lowest BCUT2D eigenvalue weighted by atomic mass is 9.82. The molecular formula is C13H20N4. The Hall–Kier alpha value is -1.50. The third-order valence-electron chi connectivity index (χ3n) is 3.72. The summed E-state index contributed by atoms with van der Waals surface area (Å²) in [5.41, 5.74) is 1.98. The zero-order valence-corrected chi connectivity index (χ0v) is 11.1. The fourth-order valence-electron chi connectivity index (χ4n) is 2.46. The van der Waals surface area contributed by atoms with Gasteiger partial charge in [-0.05, 0) is 25.2 Å². The van der Waals surface area contributed by atoms with Crippen molar-refractivity contribution in [2.75, 3.05) is 18.0 Å². The van der Waals surface area contributed by atoms with Crippen molar-refractivity contribution in [2.45, 2.75) is 33.6 Å². The third-order valence-corrected chi connectivity index (χ3v) is 3.72. The highest BCUT2D eigenvalue weighted by Gasteiger charge is 2.28. The second kappa shape index (κ2) is 4.06. The molecule has 1 aliphatic rings. The topological polar surface area (TPSA) is 44.9 Å². The number of nitriles is 1. The summed E-state index contributed by atoms with van der Waals surface area (Å²) in [5.74, 6) is 0.987. The lowest BCUT2D eigenvalue weighted by Gasteiger charge is -2.38. The van der Waals surface area contributed by atoms with Crippen LogP contribution in [0, 0.1) is 23.7 Å². The van der Waals surface area contributed by atoms with E-state index in [2.05, 4.69) is 29.9 Å². The van der Waals surface area contributed by atoms with Crippen LogP contribution in [-0.2, 0) is 7.05 Å². The van der Waals surface area contributed by atoms with Crippen LogP contribution in [0.3, 0.4) is 0 Å². The quantitative estimate of drug-likeness (QED) is 0.746. The van der Waals surface area contributed by atoms with Gasteiger partial charge < -0.3 is 4.90 Å². The van der Waals surface area contributed by atoms with E-state index >= 15 is 0 Å². The van der Waals surface area contributed by atoms with E-state index in [-0.39, 0.29) is 0 Å². The molecule has 0 N–H and O–H groups in total. The molecule has 92 valence electrons. The smallest absolute Gasteiger partial charge is 0.144 e. The molecule has 1 aromatic heterocycles. The number of anilines is 1. The molecular weight excluding hydrogens is 212 g/mol. The number of rotatable bonds is 1. The van der Waals surface area contributed by atoms with Gasteiger partial charge in [-0.1, -0.05) is 13.8 Å². The van der Waals surface area contributed by atoms with E-state index in [0.29, 0.717) is 5.41 Å². The van der Waals surface area contributed by atoms with Crippen LogP contribution in [0.1, 0.15) is 37.9 Å². The molecule has 0 radical (unpaired) electrons. The molecule has 4 nitrogen and oxygen atoms in total. The first-order chi connectivity index (χ1) is 7.94. The van der Waals surface area contributed by atoms with Crippen molar-refractivity contribution < 1.29 is 0 Å². The van der Waals surface area contributed by atoms with E-state index in [0.717, 1.165) is 30.2 Å². The summed E-state index contributed by atoms with van der Waals surface area (Å²) in [6.07, 6.45) is 2.34. The van der Waals surface area contributed by atoms with E-state index in [9.17, 15) is 5.26 Å². The average molecular weight is 232 g/mol. The molecule has 2 heterocycles. The normalized spacial score (nSPS) is 19.1. The van der Waals surface area contributed by atoms with Gasteiger partial charge in [-0.25, -0.2) is 0 Å². The molecule has 0 aromatic carbocycles. The minimum absolute atomic E-state index is 0.428. The maximum absolute atomic E-state index is 9.22. The number of nitrogens with zero attached hydrogens (tertiary/aromatic N) is 4. The van der Waals surface area contributed by atoms with Crippen LogP contribution >= 0.6 is 0 Å². The van der Waals surface area contributed by atoms with Gasteiger partial charge in [0.15, 0.2) is 0 Å². The maximum Gasteiger partial charge on any atom is 0.144 e. The maximum atomic E-state index is 9.22. The predicted molar refractivity (Wildman–Crippen MR) is 67.9 cm³/mol. The lowest BCUT2D eigenvalue weighted by Crippen LogP contribution is -2.38. The standard InChI is InChI=1S/C13H20N4/c1-10-11(9-14)12(16(4)15-10)17-7-5-13(2,3)6-8-17/h5-8H2,1-4H3. The van der Waals surface area contributed by atoms with Crippen molar-refractivity contribution >= 4 is 5.82 Å². The van der Waals surface area contributed by atoms with Gasteiger partial charge in [-0.2, -0.15) is 10.4 Å². The molecule has 0 amide bonds. The molecule has 0 unspecified atom stereocenters. The molecule has 0 atom stereocenters. The molecule has 4 heteroatoms. The Bertz CT molecular complexity index is 454. The van der Waals surface area contributed by atoms with Crippen molar-refractivity contribution in [3.05, 3.63) is 11.3 Å². The Morgan fingerprint density at radius 3 is 2.41 bits per heavy atom. The summed E-state index contributed by atoms with van der Waals surface area (Å²) in [7, 11) is 1.92. The lowest BCUT2D eigenvalue weighted by molar-refractivity contribution is 0.278. The van der Waals surface area contributed by atoms with Crippen LogP contribution < -0.4 is 4.90 Å². The Kier molecular flexibility index (Phi) is 2.86. The van der Waals surface area contributed by atoms with Gasteiger partial charge in [0.25, 0.3) is 0 Å². The Labute approximate surface area is 103 Å². The number of hydrogen-bond donors (Lipinski definition) is 0. The number of hydrogen-bond acceptors (Lipinski definition) is 3. The first kappa shape index (κ1) is 12.0. The van der Waals surface area contributed by atoms with E-state index in [1.165, 1.54) is 12.8 Å². The zero-order chi connectivity index (χ0) is 12.6. The molecule has 0 saturated carbocycles. The van der Waals surface area contributed by atoms with E-state index in [4.69, 9.17) is 0 Å². The van der Waals surface area contributed by atoms with Gasteiger partial charge in [0.05, 0.1) is 5.69 Å². The van der Waals surface area contributed by atoms with E-state index < -0.39 is 0 Å². The van der Waals surface area contributed by atoms with Gasteiger partial charge in [0.1, 0.15) is 17.5 Å².